The van der Waals surface area contributed by atoms with Crippen LogP contribution in [0.1, 0.15) is 18.0 Å². The smallest absolute Gasteiger partial charge is 0.145 e. The Morgan fingerprint density at radius 2 is 2.00 bits per heavy atom. The van der Waals surface area contributed by atoms with Crippen molar-refractivity contribution in [2.45, 2.75) is 12.5 Å². The predicted octanol–water partition coefficient (Wildman–Crippen LogP) is 1.89. The molecule has 1 unspecified atom stereocenters. The van der Waals surface area contributed by atoms with Gasteiger partial charge < -0.3 is 19.5 Å². The third-order valence-corrected chi connectivity index (χ3v) is 4.13. The van der Waals surface area contributed by atoms with Crippen LogP contribution in [-0.2, 0) is 4.74 Å². The van der Waals surface area contributed by atoms with Crippen molar-refractivity contribution in [2.75, 3.05) is 52.4 Å². The van der Waals surface area contributed by atoms with Crippen molar-refractivity contribution in [3.63, 3.8) is 0 Å². The summed E-state index contributed by atoms with van der Waals surface area (Å²) in [5.41, 5.74) is 2.38. The standard InChI is InChI=1S/C15H22N2O3/c1-18-11-9-12-13(17-5-7-20-8-6-17)3-4-16-15(12)14(10-11)19-2/h9-10,13,16H,3-8H2,1-2H3. The van der Waals surface area contributed by atoms with Gasteiger partial charge >= 0.3 is 0 Å². The molecule has 0 amide bonds. The molecule has 0 bridgehead atoms. The van der Waals surface area contributed by atoms with E-state index in [-0.39, 0.29) is 0 Å². The first-order valence-electron chi connectivity index (χ1n) is 7.15. The fourth-order valence-electron chi connectivity index (χ4n) is 3.10. The van der Waals surface area contributed by atoms with Gasteiger partial charge in [0.05, 0.1) is 33.1 Å². The van der Waals surface area contributed by atoms with E-state index in [1.807, 2.05) is 6.07 Å². The third kappa shape index (κ3) is 2.43. The Balaban J connectivity index is 1.97. The summed E-state index contributed by atoms with van der Waals surface area (Å²) in [5, 5.41) is 3.46. The lowest BCUT2D eigenvalue weighted by molar-refractivity contribution is 0.0143. The van der Waals surface area contributed by atoms with Gasteiger partial charge in [-0.25, -0.2) is 0 Å². The van der Waals surface area contributed by atoms with E-state index in [0.29, 0.717) is 6.04 Å². The highest BCUT2D eigenvalue weighted by atomic mass is 16.5. The molecule has 1 aromatic rings. The zero-order valence-corrected chi connectivity index (χ0v) is 12.1. The largest absolute Gasteiger partial charge is 0.497 e. The van der Waals surface area contributed by atoms with Gasteiger partial charge in [-0.15, -0.1) is 0 Å². The Labute approximate surface area is 119 Å². The molecule has 3 rings (SSSR count). The predicted molar refractivity (Wildman–Crippen MR) is 77.8 cm³/mol. The Morgan fingerprint density at radius 1 is 1.20 bits per heavy atom. The topological polar surface area (TPSA) is 43.0 Å². The van der Waals surface area contributed by atoms with Gasteiger partial charge in [-0.1, -0.05) is 0 Å². The summed E-state index contributed by atoms with van der Waals surface area (Å²) in [6.07, 6.45) is 1.10. The van der Waals surface area contributed by atoms with Crippen molar-refractivity contribution in [1.29, 1.82) is 0 Å². The molecule has 5 nitrogen and oxygen atoms in total. The average Bonchev–Trinajstić information content (AvgIpc) is 2.54. The SMILES string of the molecule is COc1cc(OC)c2c(c1)C(N1CCOCC1)CCN2. The average molecular weight is 278 g/mol. The van der Waals surface area contributed by atoms with Gasteiger partial charge in [0.15, 0.2) is 0 Å². The molecule has 5 heteroatoms. The van der Waals surface area contributed by atoms with E-state index in [4.69, 9.17) is 14.2 Å². The molecule has 110 valence electrons. The molecule has 0 aromatic heterocycles. The minimum atomic E-state index is 0.416. The van der Waals surface area contributed by atoms with Gasteiger partial charge in [0.2, 0.25) is 0 Å². The van der Waals surface area contributed by atoms with Crippen LogP contribution >= 0.6 is 0 Å². The number of rotatable bonds is 3. The number of nitrogens with zero attached hydrogens (tertiary/aromatic N) is 1. The number of fused-ring (bicyclic) bond motifs is 1. The van der Waals surface area contributed by atoms with Crippen molar-refractivity contribution in [1.82, 2.24) is 4.90 Å². The fraction of sp³-hybridized carbons (Fsp3) is 0.600. The van der Waals surface area contributed by atoms with Crippen molar-refractivity contribution in [3.8, 4) is 11.5 Å². The van der Waals surface area contributed by atoms with Gasteiger partial charge in [-0.05, 0) is 18.1 Å². The van der Waals surface area contributed by atoms with E-state index in [0.717, 1.165) is 56.5 Å². The highest BCUT2D eigenvalue weighted by Crippen LogP contribution is 2.42. The molecule has 1 aromatic carbocycles. The first-order valence-corrected chi connectivity index (χ1v) is 7.15. The molecular formula is C15H22N2O3. The summed E-state index contributed by atoms with van der Waals surface area (Å²) in [4.78, 5) is 2.50. The summed E-state index contributed by atoms with van der Waals surface area (Å²) < 4.78 is 16.4. The van der Waals surface area contributed by atoms with Gasteiger partial charge in [-0.2, -0.15) is 0 Å². The second kappa shape index (κ2) is 5.89. The zero-order chi connectivity index (χ0) is 13.9. The van der Waals surface area contributed by atoms with Crippen LogP contribution in [0.5, 0.6) is 11.5 Å². The van der Waals surface area contributed by atoms with Crippen LogP contribution in [0.2, 0.25) is 0 Å². The van der Waals surface area contributed by atoms with Crippen LogP contribution in [0.25, 0.3) is 0 Å². The number of hydrogen-bond donors (Lipinski definition) is 1. The summed E-state index contributed by atoms with van der Waals surface area (Å²) in [5.74, 6) is 1.71. The van der Waals surface area contributed by atoms with E-state index in [1.54, 1.807) is 14.2 Å². The first-order chi connectivity index (χ1) is 9.83. The number of methoxy groups -OCH3 is 2. The van der Waals surface area contributed by atoms with Gasteiger partial charge in [-0.3, -0.25) is 4.90 Å². The maximum absolute atomic E-state index is 5.51. The summed E-state index contributed by atoms with van der Waals surface area (Å²) in [7, 11) is 3.40. The fourth-order valence-corrected chi connectivity index (χ4v) is 3.10. The highest BCUT2D eigenvalue weighted by molar-refractivity contribution is 5.67. The van der Waals surface area contributed by atoms with Gasteiger partial charge in [0.1, 0.15) is 11.5 Å². The number of anilines is 1. The van der Waals surface area contributed by atoms with Crippen LogP contribution in [-0.4, -0.2) is 52.0 Å². The molecule has 0 radical (unpaired) electrons. The minimum Gasteiger partial charge on any atom is -0.497 e. The van der Waals surface area contributed by atoms with E-state index < -0.39 is 0 Å². The van der Waals surface area contributed by atoms with Crippen LogP contribution in [0, 0.1) is 0 Å². The Morgan fingerprint density at radius 3 is 2.70 bits per heavy atom. The number of benzene rings is 1. The van der Waals surface area contributed by atoms with E-state index in [2.05, 4.69) is 16.3 Å². The summed E-state index contributed by atoms with van der Waals surface area (Å²) in [6.45, 7) is 4.59. The van der Waals surface area contributed by atoms with Gasteiger partial charge in [0, 0.05) is 31.7 Å². The van der Waals surface area contributed by atoms with Crippen molar-refractivity contribution in [3.05, 3.63) is 17.7 Å². The number of hydrogen-bond acceptors (Lipinski definition) is 5. The van der Waals surface area contributed by atoms with Crippen LogP contribution in [0.3, 0.4) is 0 Å². The molecule has 1 atom stereocenters. The number of morpholine rings is 1. The molecule has 1 N–H and O–H groups in total. The zero-order valence-electron chi connectivity index (χ0n) is 12.1. The molecule has 2 aliphatic heterocycles. The molecule has 0 saturated carbocycles. The second-order valence-corrected chi connectivity index (χ2v) is 5.17. The van der Waals surface area contributed by atoms with Gasteiger partial charge in [0.25, 0.3) is 0 Å². The maximum Gasteiger partial charge on any atom is 0.145 e. The molecule has 20 heavy (non-hydrogen) atoms. The number of nitrogens with one attached hydrogen (secondary N) is 1. The third-order valence-electron chi connectivity index (χ3n) is 4.13. The van der Waals surface area contributed by atoms with E-state index in [1.165, 1.54) is 5.56 Å². The Kier molecular flexibility index (Phi) is 3.98. The van der Waals surface area contributed by atoms with Crippen LogP contribution < -0.4 is 14.8 Å². The lowest BCUT2D eigenvalue weighted by atomic mass is 9.95. The van der Waals surface area contributed by atoms with E-state index >= 15 is 0 Å². The summed E-state index contributed by atoms with van der Waals surface area (Å²) >= 11 is 0. The monoisotopic (exact) mass is 278 g/mol. The molecule has 1 saturated heterocycles. The van der Waals surface area contributed by atoms with E-state index in [9.17, 15) is 0 Å². The first kappa shape index (κ1) is 13.5. The molecule has 2 heterocycles. The highest BCUT2D eigenvalue weighted by Gasteiger charge is 2.29. The quantitative estimate of drug-likeness (QED) is 0.914. The molecule has 1 fully saturated rings. The van der Waals surface area contributed by atoms with Crippen LogP contribution in [0.15, 0.2) is 12.1 Å². The minimum absolute atomic E-state index is 0.416. The molecule has 0 spiro atoms. The second-order valence-electron chi connectivity index (χ2n) is 5.17. The Hall–Kier alpha value is -1.46. The lowest BCUT2D eigenvalue weighted by Gasteiger charge is -2.38. The van der Waals surface area contributed by atoms with Crippen molar-refractivity contribution >= 4 is 5.69 Å². The molecule has 2 aliphatic rings. The normalized spacial score (nSPS) is 22.8. The summed E-state index contributed by atoms with van der Waals surface area (Å²) in [6, 6.07) is 4.48. The molecule has 0 aliphatic carbocycles. The molecular weight excluding hydrogens is 256 g/mol. The van der Waals surface area contributed by atoms with Crippen molar-refractivity contribution in [2.24, 2.45) is 0 Å². The van der Waals surface area contributed by atoms with Crippen LogP contribution in [0.4, 0.5) is 5.69 Å². The lowest BCUT2D eigenvalue weighted by Crippen LogP contribution is -2.41. The van der Waals surface area contributed by atoms with Crippen molar-refractivity contribution < 1.29 is 14.2 Å². The Bertz CT molecular complexity index is 472. The maximum atomic E-state index is 5.51. The number of ether oxygens (including phenoxy) is 3.